The van der Waals surface area contributed by atoms with E-state index < -0.39 is 0 Å². The summed E-state index contributed by atoms with van der Waals surface area (Å²) in [6, 6.07) is 12.7. The normalized spacial score (nSPS) is 10.3. The van der Waals surface area contributed by atoms with Gasteiger partial charge in [-0.3, -0.25) is 14.8 Å². The van der Waals surface area contributed by atoms with E-state index in [-0.39, 0.29) is 5.56 Å². The van der Waals surface area contributed by atoms with E-state index in [9.17, 15) is 4.79 Å². The quantitative estimate of drug-likeness (QED) is 0.765. The molecule has 3 rings (SSSR count). The van der Waals surface area contributed by atoms with Gasteiger partial charge in [0.25, 0.3) is 5.56 Å². The first-order valence-electron chi connectivity index (χ1n) is 6.25. The van der Waals surface area contributed by atoms with E-state index in [1.54, 1.807) is 12.4 Å². The molecule has 0 bridgehead atoms. The maximum Gasteiger partial charge on any atom is 0.252 e. The molecule has 0 aliphatic heterocycles. The standard InChI is InChI=1S/C15H11BrN4O/c16-11-2-1-3-12(8-11)18-15-19-13(9-14(21)20-15)10-4-6-17-7-5-10/h1-9H,(H2,18,19,20,21). The first kappa shape index (κ1) is 13.5. The van der Waals surface area contributed by atoms with E-state index in [1.807, 2.05) is 36.4 Å². The van der Waals surface area contributed by atoms with Crippen LogP contribution in [0.15, 0.2) is 64.1 Å². The highest BCUT2D eigenvalue weighted by molar-refractivity contribution is 9.10. The van der Waals surface area contributed by atoms with Crippen LogP contribution in [0.4, 0.5) is 11.6 Å². The summed E-state index contributed by atoms with van der Waals surface area (Å²) in [6.07, 6.45) is 3.33. The van der Waals surface area contributed by atoms with E-state index in [2.05, 4.69) is 36.2 Å². The minimum absolute atomic E-state index is 0.214. The van der Waals surface area contributed by atoms with Crippen LogP contribution in [0.5, 0.6) is 0 Å². The van der Waals surface area contributed by atoms with E-state index >= 15 is 0 Å². The van der Waals surface area contributed by atoms with Crippen molar-refractivity contribution in [2.45, 2.75) is 0 Å². The number of nitrogens with zero attached hydrogens (tertiary/aromatic N) is 2. The fourth-order valence-electron chi connectivity index (χ4n) is 1.89. The van der Waals surface area contributed by atoms with E-state index in [0.717, 1.165) is 15.7 Å². The smallest absolute Gasteiger partial charge is 0.252 e. The van der Waals surface area contributed by atoms with Crippen molar-refractivity contribution < 1.29 is 0 Å². The first-order valence-corrected chi connectivity index (χ1v) is 7.04. The second-order valence-electron chi connectivity index (χ2n) is 4.35. The fourth-order valence-corrected chi connectivity index (χ4v) is 2.29. The number of aromatic amines is 1. The second-order valence-corrected chi connectivity index (χ2v) is 5.27. The molecular weight excluding hydrogens is 332 g/mol. The predicted octanol–water partition coefficient (Wildman–Crippen LogP) is 3.34. The molecule has 0 aliphatic rings. The Hall–Kier alpha value is -2.47. The van der Waals surface area contributed by atoms with Gasteiger partial charge in [-0.05, 0) is 30.3 Å². The lowest BCUT2D eigenvalue weighted by Gasteiger charge is -2.07. The Bertz CT molecular complexity index is 817. The minimum atomic E-state index is -0.214. The molecule has 0 saturated heterocycles. The van der Waals surface area contributed by atoms with Crippen LogP contribution in [0.2, 0.25) is 0 Å². The lowest BCUT2D eigenvalue weighted by atomic mass is 10.2. The highest BCUT2D eigenvalue weighted by Gasteiger charge is 2.04. The highest BCUT2D eigenvalue weighted by atomic mass is 79.9. The van der Waals surface area contributed by atoms with Gasteiger partial charge in [-0.25, -0.2) is 4.98 Å². The molecule has 2 N–H and O–H groups in total. The summed E-state index contributed by atoms with van der Waals surface area (Å²) in [7, 11) is 0. The van der Waals surface area contributed by atoms with Crippen LogP contribution in [0.1, 0.15) is 0 Å². The summed E-state index contributed by atoms with van der Waals surface area (Å²) in [6.45, 7) is 0. The van der Waals surface area contributed by atoms with Crippen LogP contribution >= 0.6 is 15.9 Å². The zero-order chi connectivity index (χ0) is 14.7. The fraction of sp³-hybridized carbons (Fsp3) is 0. The topological polar surface area (TPSA) is 70.7 Å². The van der Waals surface area contributed by atoms with Gasteiger partial charge in [0.2, 0.25) is 5.95 Å². The van der Waals surface area contributed by atoms with Crippen molar-refractivity contribution in [2.75, 3.05) is 5.32 Å². The SMILES string of the molecule is O=c1cc(-c2ccncc2)nc(Nc2cccc(Br)c2)[nH]1. The first-order chi connectivity index (χ1) is 10.2. The van der Waals surface area contributed by atoms with Crippen molar-refractivity contribution in [3.63, 3.8) is 0 Å². The van der Waals surface area contributed by atoms with E-state index in [1.165, 1.54) is 6.07 Å². The Morgan fingerprint density at radius 1 is 1.10 bits per heavy atom. The maximum atomic E-state index is 11.8. The average Bonchev–Trinajstić information content (AvgIpc) is 2.47. The Kier molecular flexibility index (Phi) is 3.79. The van der Waals surface area contributed by atoms with E-state index in [0.29, 0.717) is 11.6 Å². The maximum absolute atomic E-state index is 11.8. The number of anilines is 2. The summed E-state index contributed by atoms with van der Waals surface area (Å²) in [5.41, 5.74) is 2.06. The van der Waals surface area contributed by atoms with Gasteiger partial charge in [0.1, 0.15) is 0 Å². The molecule has 5 nitrogen and oxygen atoms in total. The second kappa shape index (κ2) is 5.88. The lowest BCUT2D eigenvalue weighted by molar-refractivity contribution is 1.12. The molecule has 2 aromatic heterocycles. The summed E-state index contributed by atoms with van der Waals surface area (Å²) in [5.74, 6) is 0.396. The molecule has 0 atom stereocenters. The van der Waals surface area contributed by atoms with Crippen LogP contribution in [0.3, 0.4) is 0 Å². The molecule has 0 unspecified atom stereocenters. The number of nitrogens with one attached hydrogen (secondary N) is 2. The van der Waals surface area contributed by atoms with E-state index in [4.69, 9.17) is 0 Å². The molecule has 0 fully saturated rings. The minimum Gasteiger partial charge on any atom is -0.326 e. The molecule has 0 spiro atoms. The van der Waals surface area contributed by atoms with Gasteiger partial charge < -0.3 is 5.32 Å². The van der Waals surface area contributed by atoms with Crippen LogP contribution in [0.25, 0.3) is 11.3 Å². The summed E-state index contributed by atoms with van der Waals surface area (Å²) < 4.78 is 0.945. The number of H-pyrrole nitrogens is 1. The van der Waals surface area contributed by atoms with Crippen molar-refractivity contribution in [1.82, 2.24) is 15.0 Å². The van der Waals surface area contributed by atoms with Crippen molar-refractivity contribution in [1.29, 1.82) is 0 Å². The monoisotopic (exact) mass is 342 g/mol. The molecule has 1 aromatic carbocycles. The molecular formula is C15H11BrN4O. The van der Waals surface area contributed by atoms with Crippen LogP contribution in [0, 0.1) is 0 Å². The Balaban J connectivity index is 1.97. The largest absolute Gasteiger partial charge is 0.326 e. The molecule has 0 aliphatic carbocycles. The number of benzene rings is 1. The number of halogens is 1. The van der Waals surface area contributed by atoms with Gasteiger partial charge in [0.15, 0.2) is 0 Å². The average molecular weight is 343 g/mol. The lowest BCUT2D eigenvalue weighted by Crippen LogP contribution is -2.10. The van der Waals surface area contributed by atoms with Gasteiger partial charge in [-0.15, -0.1) is 0 Å². The Morgan fingerprint density at radius 2 is 1.90 bits per heavy atom. The number of rotatable bonds is 3. The molecule has 3 aromatic rings. The highest BCUT2D eigenvalue weighted by Crippen LogP contribution is 2.20. The predicted molar refractivity (Wildman–Crippen MR) is 85.5 cm³/mol. The van der Waals surface area contributed by atoms with Crippen LogP contribution in [-0.2, 0) is 0 Å². The van der Waals surface area contributed by atoms with Crippen molar-refractivity contribution in [3.8, 4) is 11.3 Å². The van der Waals surface area contributed by atoms with Crippen molar-refractivity contribution >= 4 is 27.6 Å². The zero-order valence-electron chi connectivity index (χ0n) is 10.9. The van der Waals surface area contributed by atoms with Crippen molar-refractivity contribution in [2.24, 2.45) is 0 Å². The zero-order valence-corrected chi connectivity index (χ0v) is 12.5. The molecule has 0 saturated carbocycles. The molecule has 0 radical (unpaired) electrons. The Morgan fingerprint density at radius 3 is 2.67 bits per heavy atom. The molecule has 6 heteroatoms. The van der Waals surface area contributed by atoms with Crippen molar-refractivity contribution in [3.05, 3.63) is 69.7 Å². The van der Waals surface area contributed by atoms with Crippen LogP contribution in [-0.4, -0.2) is 15.0 Å². The van der Waals surface area contributed by atoms with Gasteiger partial charge in [-0.1, -0.05) is 22.0 Å². The summed E-state index contributed by atoms with van der Waals surface area (Å²) in [5, 5.41) is 3.08. The van der Waals surface area contributed by atoms with Gasteiger partial charge in [0.05, 0.1) is 5.69 Å². The Labute approximate surface area is 129 Å². The third kappa shape index (κ3) is 3.35. The van der Waals surface area contributed by atoms with Gasteiger partial charge in [-0.2, -0.15) is 0 Å². The van der Waals surface area contributed by atoms with Gasteiger partial charge >= 0.3 is 0 Å². The molecule has 0 amide bonds. The third-order valence-corrected chi connectivity index (χ3v) is 3.30. The summed E-state index contributed by atoms with van der Waals surface area (Å²) >= 11 is 3.40. The third-order valence-electron chi connectivity index (χ3n) is 2.81. The number of pyridine rings is 1. The van der Waals surface area contributed by atoms with Gasteiger partial charge in [0, 0.05) is 34.2 Å². The molecule has 2 heterocycles. The molecule has 21 heavy (non-hydrogen) atoms. The van der Waals surface area contributed by atoms with Crippen LogP contribution < -0.4 is 10.9 Å². The molecule has 104 valence electrons. The summed E-state index contributed by atoms with van der Waals surface area (Å²) in [4.78, 5) is 22.8. The number of hydrogen-bond donors (Lipinski definition) is 2. The number of aromatic nitrogens is 3. The number of hydrogen-bond acceptors (Lipinski definition) is 4.